The molecule has 94 valence electrons. The zero-order chi connectivity index (χ0) is 12.7. The summed E-state index contributed by atoms with van der Waals surface area (Å²) in [5.74, 6) is -1.05. The van der Waals surface area contributed by atoms with Crippen LogP contribution >= 0.6 is 0 Å². The van der Waals surface area contributed by atoms with Crippen LogP contribution < -0.4 is 10.6 Å². The molecule has 2 unspecified atom stereocenters. The highest BCUT2D eigenvalue weighted by Crippen LogP contribution is 2.10. The molecule has 0 heterocycles. The van der Waals surface area contributed by atoms with Gasteiger partial charge < -0.3 is 15.7 Å². The minimum absolute atomic E-state index is 0.0955. The molecule has 2 atom stereocenters. The highest BCUT2D eigenvalue weighted by molar-refractivity contribution is 5.82. The summed E-state index contributed by atoms with van der Waals surface area (Å²) in [5, 5.41) is 14.0. The lowest BCUT2D eigenvalue weighted by atomic mass is 10.0. The van der Waals surface area contributed by atoms with Crippen LogP contribution in [0.2, 0.25) is 0 Å². The fraction of sp³-hybridized carbons (Fsp3) is 0.500. The Morgan fingerprint density at radius 2 is 2.29 bits per heavy atom. The molecule has 0 bridgehead atoms. The van der Waals surface area contributed by atoms with Crippen LogP contribution in [0.3, 0.4) is 0 Å². The molecule has 3 N–H and O–H groups in total. The quantitative estimate of drug-likeness (QED) is 0.634. The van der Waals surface area contributed by atoms with Crippen LogP contribution in [0, 0.1) is 0 Å². The van der Waals surface area contributed by atoms with Crippen molar-refractivity contribution in [3.63, 3.8) is 0 Å². The first kappa shape index (κ1) is 13.3. The summed E-state index contributed by atoms with van der Waals surface area (Å²) in [7, 11) is 0. The Morgan fingerprint density at radius 1 is 1.53 bits per heavy atom. The van der Waals surface area contributed by atoms with Crippen molar-refractivity contribution in [2.45, 2.75) is 37.8 Å². The number of carboxylic acids is 1. The molecule has 0 aromatic rings. The van der Waals surface area contributed by atoms with Crippen molar-refractivity contribution in [2.24, 2.45) is 0 Å². The van der Waals surface area contributed by atoms with Crippen LogP contribution in [0.25, 0.3) is 0 Å². The highest BCUT2D eigenvalue weighted by atomic mass is 16.4. The van der Waals surface area contributed by atoms with Crippen LogP contribution in [0.5, 0.6) is 0 Å². The monoisotopic (exact) mass is 238 g/mol. The molecular weight excluding hydrogens is 220 g/mol. The van der Waals surface area contributed by atoms with Crippen molar-refractivity contribution in [1.29, 1.82) is 0 Å². The second-order valence-corrected chi connectivity index (χ2v) is 4.01. The number of hydrogen-bond donors (Lipinski definition) is 3. The van der Waals surface area contributed by atoms with Crippen molar-refractivity contribution in [3.8, 4) is 0 Å². The van der Waals surface area contributed by atoms with E-state index < -0.39 is 18.0 Å². The van der Waals surface area contributed by atoms with E-state index in [1.807, 2.05) is 6.08 Å². The number of allylic oxidation sites excluding steroid dienone is 1. The van der Waals surface area contributed by atoms with Crippen molar-refractivity contribution >= 4 is 12.0 Å². The molecule has 0 aliphatic heterocycles. The van der Waals surface area contributed by atoms with E-state index in [-0.39, 0.29) is 12.5 Å². The lowest BCUT2D eigenvalue weighted by Crippen LogP contribution is -2.49. The second-order valence-electron chi connectivity index (χ2n) is 4.01. The number of urea groups is 1. The first-order chi connectivity index (χ1) is 8.13. The van der Waals surface area contributed by atoms with E-state index in [1.54, 1.807) is 0 Å². The molecule has 0 spiro atoms. The molecule has 2 amide bonds. The average molecular weight is 238 g/mol. The van der Waals surface area contributed by atoms with Gasteiger partial charge in [0.25, 0.3) is 0 Å². The lowest BCUT2D eigenvalue weighted by molar-refractivity contribution is -0.139. The van der Waals surface area contributed by atoms with Crippen LogP contribution in [0.4, 0.5) is 4.79 Å². The zero-order valence-corrected chi connectivity index (χ0v) is 9.69. The topological polar surface area (TPSA) is 78.4 Å². The van der Waals surface area contributed by atoms with Crippen LogP contribution in [0.1, 0.15) is 25.7 Å². The van der Waals surface area contributed by atoms with Crippen molar-refractivity contribution in [1.82, 2.24) is 10.6 Å². The summed E-state index contributed by atoms with van der Waals surface area (Å²) in [5.41, 5.74) is 0. The van der Waals surface area contributed by atoms with E-state index in [1.165, 1.54) is 6.08 Å². The van der Waals surface area contributed by atoms with Gasteiger partial charge in [-0.3, -0.25) is 0 Å². The average Bonchev–Trinajstić information content (AvgIpc) is 2.29. The fourth-order valence-electron chi connectivity index (χ4n) is 1.70. The molecule has 0 radical (unpaired) electrons. The number of rotatable bonds is 5. The molecule has 0 saturated heterocycles. The number of carbonyl (C=O) groups is 2. The SMILES string of the molecule is C=CCC(NC(=O)NC1CC=CCC1)C(=O)O. The number of aliphatic carboxylic acids is 1. The molecule has 1 aliphatic rings. The van der Waals surface area contributed by atoms with E-state index in [9.17, 15) is 9.59 Å². The number of hydrogen-bond acceptors (Lipinski definition) is 2. The molecule has 0 saturated carbocycles. The predicted molar refractivity (Wildman–Crippen MR) is 64.7 cm³/mol. The molecule has 0 fully saturated rings. The molecule has 1 rings (SSSR count). The van der Waals surface area contributed by atoms with E-state index in [0.717, 1.165) is 19.3 Å². The number of carbonyl (C=O) groups excluding carboxylic acids is 1. The summed E-state index contributed by atoms with van der Waals surface area (Å²) in [6.45, 7) is 3.46. The van der Waals surface area contributed by atoms with Gasteiger partial charge in [-0.2, -0.15) is 0 Å². The number of nitrogens with one attached hydrogen (secondary N) is 2. The highest BCUT2D eigenvalue weighted by Gasteiger charge is 2.20. The normalized spacial score (nSPS) is 20.4. The van der Waals surface area contributed by atoms with Gasteiger partial charge in [-0.05, 0) is 25.7 Å². The summed E-state index contributed by atoms with van der Waals surface area (Å²) in [4.78, 5) is 22.4. The second kappa shape index (κ2) is 6.73. The molecule has 5 heteroatoms. The van der Waals surface area contributed by atoms with Crippen LogP contribution in [0.15, 0.2) is 24.8 Å². The third-order valence-electron chi connectivity index (χ3n) is 2.61. The van der Waals surface area contributed by atoms with Gasteiger partial charge in [-0.1, -0.05) is 18.2 Å². The summed E-state index contributed by atoms with van der Waals surface area (Å²) in [6.07, 6.45) is 8.42. The Hall–Kier alpha value is -1.78. The summed E-state index contributed by atoms with van der Waals surface area (Å²) in [6, 6.07) is -1.25. The third-order valence-corrected chi connectivity index (χ3v) is 2.61. The van der Waals surface area contributed by atoms with Gasteiger partial charge in [0.1, 0.15) is 6.04 Å². The molecule has 0 aromatic carbocycles. The Morgan fingerprint density at radius 3 is 2.82 bits per heavy atom. The maximum atomic E-state index is 11.6. The molecule has 5 nitrogen and oxygen atoms in total. The summed E-state index contributed by atoms with van der Waals surface area (Å²) >= 11 is 0. The third kappa shape index (κ3) is 4.72. The zero-order valence-electron chi connectivity index (χ0n) is 9.69. The maximum Gasteiger partial charge on any atom is 0.326 e. The first-order valence-electron chi connectivity index (χ1n) is 5.69. The van der Waals surface area contributed by atoms with E-state index in [0.29, 0.717) is 0 Å². The van der Waals surface area contributed by atoms with Gasteiger partial charge in [0.05, 0.1) is 0 Å². The minimum atomic E-state index is -1.05. The Bertz CT molecular complexity index is 326. The fourth-order valence-corrected chi connectivity index (χ4v) is 1.70. The smallest absolute Gasteiger partial charge is 0.326 e. The van der Waals surface area contributed by atoms with Gasteiger partial charge in [0, 0.05) is 6.04 Å². The Kier molecular flexibility index (Phi) is 5.26. The molecule has 0 aromatic heterocycles. The molecular formula is C12H18N2O3. The van der Waals surface area contributed by atoms with Crippen molar-refractivity contribution in [2.75, 3.05) is 0 Å². The lowest BCUT2D eigenvalue weighted by Gasteiger charge is -2.21. The largest absolute Gasteiger partial charge is 0.480 e. The van der Waals surface area contributed by atoms with E-state index >= 15 is 0 Å². The van der Waals surface area contributed by atoms with E-state index in [2.05, 4.69) is 23.3 Å². The van der Waals surface area contributed by atoms with Gasteiger partial charge >= 0.3 is 12.0 Å². The van der Waals surface area contributed by atoms with Crippen molar-refractivity contribution in [3.05, 3.63) is 24.8 Å². The van der Waals surface area contributed by atoms with Gasteiger partial charge in [0.15, 0.2) is 0 Å². The molecule has 1 aliphatic carbocycles. The first-order valence-corrected chi connectivity index (χ1v) is 5.69. The summed E-state index contributed by atoms with van der Waals surface area (Å²) < 4.78 is 0. The van der Waals surface area contributed by atoms with Gasteiger partial charge in [-0.25, -0.2) is 9.59 Å². The van der Waals surface area contributed by atoms with Gasteiger partial charge in [0.2, 0.25) is 0 Å². The Balaban J connectivity index is 2.38. The van der Waals surface area contributed by atoms with Crippen molar-refractivity contribution < 1.29 is 14.7 Å². The molecule has 17 heavy (non-hydrogen) atoms. The number of amides is 2. The minimum Gasteiger partial charge on any atom is -0.480 e. The predicted octanol–water partition coefficient (Wildman–Crippen LogP) is 1.42. The Labute approximate surface area is 101 Å². The van der Waals surface area contributed by atoms with Crippen LogP contribution in [-0.4, -0.2) is 29.2 Å². The standard InChI is InChI=1S/C12H18N2O3/c1-2-6-10(11(15)16)14-12(17)13-9-7-4-3-5-8-9/h2-4,9-10H,1,5-8H2,(H,15,16)(H2,13,14,17). The van der Waals surface area contributed by atoms with Gasteiger partial charge in [-0.15, -0.1) is 6.58 Å². The maximum absolute atomic E-state index is 11.6. The van der Waals surface area contributed by atoms with Crippen LogP contribution in [-0.2, 0) is 4.79 Å². The number of carboxylic acid groups (broad SMARTS) is 1. The van der Waals surface area contributed by atoms with E-state index in [4.69, 9.17) is 5.11 Å².